The van der Waals surface area contributed by atoms with Crippen molar-refractivity contribution in [3.63, 3.8) is 0 Å². The highest BCUT2D eigenvalue weighted by Crippen LogP contribution is 2.45. The molecule has 2 atom stereocenters. The molecule has 82 valence electrons. The van der Waals surface area contributed by atoms with Gasteiger partial charge in [0, 0.05) is 16.3 Å². The van der Waals surface area contributed by atoms with Crippen LogP contribution in [-0.2, 0) is 12.8 Å². The molecular weight excluding hydrogens is 202 g/mol. The number of hydrogen-bond donors (Lipinski definition) is 1. The van der Waals surface area contributed by atoms with Crippen LogP contribution in [0.4, 0.5) is 0 Å². The van der Waals surface area contributed by atoms with E-state index in [4.69, 9.17) is 0 Å². The van der Waals surface area contributed by atoms with Gasteiger partial charge in [-0.2, -0.15) is 0 Å². The van der Waals surface area contributed by atoms with Gasteiger partial charge < -0.3 is 5.32 Å². The van der Waals surface area contributed by atoms with E-state index in [1.165, 1.54) is 32.4 Å². The molecule has 1 aliphatic heterocycles. The first-order chi connectivity index (χ1) is 7.27. The Labute approximate surface area is 95.9 Å². The summed E-state index contributed by atoms with van der Waals surface area (Å²) in [5.74, 6) is 1.56. The lowest BCUT2D eigenvalue weighted by molar-refractivity contribution is 0.641. The van der Waals surface area contributed by atoms with Gasteiger partial charge >= 0.3 is 0 Å². The molecule has 1 aliphatic carbocycles. The van der Waals surface area contributed by atoms with Gasteiger partial charge in [-0.25, -0.2) is 0 Å². The maximum absolute atomic E-state index is 3.54. The van der Waals surface area contributed by atoms with Crippen LogP contribution in [0.25, 0.3) is 0 Å². The van der Waals surface area contributed by atoms with Gasteiger partial charge in [0.1, 0.15) is 0 Å². The van der Waals surface area contributed by atoms with Gasteiger partial charge in [0.05, 0.1) is 0 Å². The zero-order chi connectivity index (χ0) is 10.4. The Kier molecular flexibility index (Phi) is 2.37. The minimum absolute atomic E-state index is 0.729. The Morgan fingerprint density at radius 1 is 1.20 bits per heavy atom. The average molecular weight is 221 g/mol. The van der Waals surface area contributed by atoms with Crippen LogP contribution in [0.15, 0.2) is 0 Å². The van der Waals surface area contributed by atoms with E-state index in [0.717, 1.165) is 11.8 Å². The molecule has 2 aliphatic rings. The molecule has 0 bridgehead atoms. The smallest absolute Gasteiger partial charge is 0.0111 e. The molecule has 0 saturated carbocycles. The van der Waals surface area contributed by atoms with Gasteiger partial charge in [-0.05, 0) is 48.8 Å². The summed E-state index contributed by atoms with van der Waals surface area (Å²) in [4.78, 5) is 3.40. The zero-order valence-corrected chi connectivity index (χ0v) is 10.4. The van der Waals surface area contributed by atoms with Crippen molar-refractivity contribution in [1.29, 1.82) is 0 Å². The van der Waals surface area contributed by atoms with Crippen LogP contribution in [0.2, 0.25) is 0 Å². The van der Waals surface area contributed by atoms with E-state index < -0.39 is 0 Å². The standard InChI is InChI=1S/C13H19NS/c1-8-3-4-10-12-9(2)7-14-6-5-11(12)15-13(8)10/h8-9,14H,3-7H2,1-2H3. The Morgan fingerprint density at radius 2 is 2.07 bits per heavy atom. The fraction of sp³-hybridized carbons (Fsp3) is 0.692. The summed E-state index contributed by atoms with van der Waals surface area (Å²) in [7, 11) is 0. The molecule has 1 nitrogen and oxygen atoms in total. The highest BCUT2D eigenvalue weighted by molar-refractivity contribution is 7.12. The fourth-order valence-corrected chi connectivity index (χ4v) is 4.64. The van der Waals surface area contributed by atoms with Crippen LogP contribution in [0.1, 0.15) is 53.0 Å². The van der Waals surface area contributed by atoms with Crippen molar-refractivity contribution in [2.75, 3.05) is 13.1 Å². The lowest BCUT2D eigenvalue weighted by atomic mass is 9.96. The van der Waals surface area contributed by atoms with Gasteiger partial charge in [-0.15, -0.1) is 11.3 Å². The van der Waals surface area contributed by atoms with Crippen LogP contribution < -0.4 is 5.32 Å². The van der Waals surface area contributed by atoms with Gasteiger partial charge in [0.2, 0.25) is 0 Å². The first-order valence-corrected chi connectivity index (χ1v) is 6.94. The number of rotatable bonds is 0. The molecule has 2 heteroatoms. The quantitative estimate of drug-likeness (QED) is 0.710. The summed E-state index contributed by atoms with van der Waals surface area (Å²) < 4.78 is 0. The summed E-state index contributed by atoms with van der Waals surface area (Å²) in [6.45, 7) is 7.12. The van der Waals surface area contributed by atoms with Crippen molar-refractivity contribution in [2.45, 2.75) is 44.9 Å². The van der Waals surface area contributed by atoms with E-state index in [9.17, 15) is 0 Å². The van der Waals surface area contributed by atoms with Crippen LogP contribution in [-0.4, -0.2) is 13.1 Å². The molecule has 0 amide bonds. The van der Waals surface area contributed by atoms with E-state index in [1.807, 2.05) is 0 Å². The van der Waals surface area contributed by atoms with E-state index in [-0.39, 0.29) is 0 Å². The molecule has 0 spiro atoms. The minimum atomic E-state index is 0.729. The Bertz CT molecular complexity index is 380. The number of nitrogens with one attached hydrogen (secondary N) is 1. The first-order valence-electron chi connectivity index (χ1n) is 6.12. The number of hydrogen-bond acceptors (Lipinski definition) is 2. The van der Waals surface area contributed by atoms with E-state index >= 15 is 0 Å². The second kappa shape index (κ2) is 3.60. The molecule has 0 radical (unpaired) electrons. The highest BCUT2D eigenvalue weighted by atomic mass is 32.1. The molecule has 0 fully saturated rings. The summed E-state index contributed by atoms with van der Waals surface area (Å²) in [6, 6.07) is 0. The molecule has 15 heavy (non-hydrogen) atoms. The first kappa shape index (κ1) is 9.86. The molecule has 1 N–H and O–H groups in total. The third-order valence-electron chi connectivity index (χ3n) is 3.90. The molecule has 2 unspecified atom stereocenters. The number of fused-ring (bicyclic) bond motifs is 3. The molecular formula is C13H19NS. The maximum atomic E-state index is 3.54. The van der Waals surface area contributed by atoms with Crippen molar-refractivity contribution in [3.8, 4) is 0 Å². The highest BCUT2D eigenvalue weighted by Gasteiger charge is 2.29. The third-order valence-corrected chi connectivity index (χ3v) is 5.44. The maximum Gasteiger partial charge on any atom is 0.0111 e. The van der Waals surface area contributed by atoms with Crippen LogP contribution in [0, 0.1) is 0 Å². The Hall–Kier alpha value is -0.340. The van der Waals surface area contributed by atoms with Gasteiger partial charge in [-0.1, -0.05) is 13.8 Å². The van der Waals surface area contributed by atoms with Crippen LogP contribution >= 0.6 is 11.3 Å². The van der Waals surface area contributed by atoms with Gasteiger partial charge in [0.25, 0.3) is 0 Å². The molecule has 0 aromatic carbocycles. The lowest BCUT2D eigenvalue weighted by Gasteiger charge is -2.10. The molecule has 3 rings (SSSR count). The van der Waals surface area contributed by atoms with Crippen molar-refractivity contribution < 1.29 is 0 Å². The molecule has 1 aromatic rings. The largest absolute Gasteiger partial charge is 0.316 e. The predicted molar refractivity (Wildman–Crippen MR) is 66.0 cm³/mol. The van der Waals surface area contributed by atoms with E-state index in [0.29, 0.717) is 0 Å². The summed E-state index contributed by atoms with van der Waals surface area (Å²) in [5.41, 5.74) is 3.46. The normalized spacial score (nSPS) is 29.7. The van der Waals surface area contributed by atoms with E-state index in [1.54, 1.807) is 20.9 Å². The second-order valence-electron chi connectivity index (χ2n) is 5.08. The average Bonchev–Trinajstić information content (AvgIpc) is 2.68. The summed E-state index contributed by atoms with van der Waals surface area (Å²) >= 11 is 2.11. The van der Waals surface area contributed by atoms with Crippen LogP contribution in [0.5, 0.6) is 0 Å². The van der Waals surface area contributed by atoms with Crippen molar-refractivity contribution in [3.05, 3.63) is 20.9 Å². The van der Waals surface area contributed by atoms with Gasteiger partial charge in [0.15, 0.2) is 0 Å². The van der Waals surface area contributed by atoms with Crippen molar-refractivity contribution in [1.82, 2.24) is 5.32 Å². The summed E-state index contributed by atoms with van der Waals surface area (Å²) in [5, 5.41) is 3.54. The predicted octanol–water partition coefficient (Wildman–Crippen LogP) is 3.05. The Morgan fingerprint density at radius 3 is 2.93 bits per heavy atom. The molecule has 2 heterocycles. The fourth-order valence-electron chi connectivity index (χ4n) is 3.08. The monoisotopic (exact) mass is 221 g/mol. The van der Waals surface area contributed by atoms with Crippen molar-refractivity contribution in [2.24, 2.45) is 0 Å². The topological polar surface area (TPSA) is 12.0 Å². The lowest BCUT2D eigenvalue weighted by Crippen LogP contribution is -2.18. The Balaban J connectivity index is 2.10. The number of thiophene rings is 1. The SMILES string of the molecule is CC1CCc2c1sc1c2C(C)CNCC1. The molecule has 1 aromatic heterocycles. The zero-order valence-electron chi connectivity index (χ0n) is 9.60. The van der Waals surface area contributed by atoms with Gasteiger partial charge in [-0.3, -0.25) is 0 Å². The van der Waals surface area contributed by atoms with Crippen molar-refractivity contribution >= 4 is 11.3 Å². The second-order valence-corrected chi connectivity index (χ2v) is 6.21. The van der Waals surface area contributed by atoms with E-state index in [2.05, 4.69) is 30.5 Å². The third kappa shape index (κ3) is 1.46. The van der Waals surface area contributed by atoms with Crippen LogP contribution in [0.3, 0.4) is 0 Å². The molecule has 0 saturated heterocycles. The summed E-state index contributed by atoms with van der Waals surface area (Å²) in [6.07, 6.45) is 3.98. The minimum Gasteiger partial charge on any atom is -0.316 e.